The van der Waals surface area contributed by atoms with Gasteiger partial charge in [-0.2, -0.15) is 19.6 Å². The molecule has 136 valence electrons. The minimum Gasteiger partial charge on any atom is -0.357 e. The Labute approximate surface area is 156 Å². The number of rotatable bonds is 9. The predicted octanol–water partition coefficient (Wildman–Crippen LogP) is 3.00. The smallest absolute Gasteiger partial charge is 0.258 e. The zero-order valence-corrected chi connectivity index (χ0v) is 15.7. The lowest BCUT2D eigenvalue weighted by atomic mass is 10.2. The summed E-state index contributed by atoms with van der Waals surface area (Å²) >= 11 is 1.57. The van der Waals surface area contributed by atoms with E-state index in [2.05, 4.69) is 54.7 Å². The van der Waals surface area contributed by atoms with E-state index in [1.807, 2.05) is 18.2 Å². The summed E-state index contributed by atoms with van der Waals surface area (Å²) in [5, 5.41) is 11.3. The maximum atomic E-state index is 4.47. The third kappa shape index (κ3) is 4.92. The number of anilines is 2. The highest BCUT2D eigenvalue weighted by Gasteiger charge is 2.10. The monoisotopic (exact) mass is 370 g/mol. The Morgan fingerprint density at radius 2 is 1.88 bits per heavy atom. The van der Waals surface area contributed by atoms with Gasteiger partial charge in [-0.1, -0.05) is 55.4 Å². The largest absolute Gasteiger partial charge is 0.357 e. The molecule has 8 nitrogen and oxygen atoms in total. The second kappa shape index (κ2) is 9.14. The van der Waals surface area contributed by atoms with Crippen molar-refractivity contribution in [3.63, 3.8) is 0 Å². The molecule has 0 radical (unpaired) electrons. The second-order valence-corrected chi connectivity index (χ2v) is 6.50. The second-order valence-electron chi connectivity index (χ2n) is 5.56. The van der Waals surface area contributed by atoms with Gasteiger partial charge >= 0.3 is 0 Å². The fraction of sp³-hybridized carbons (Fsp3) is 0.353. The first-order chi connectivity index (χ1) is 12.8. The van der Waals surface area contributed by atoms with E-state index in [4.69, 9.17) is 0 Å². The lowest BCUT2D eigenvalue weighted by Gasteiger charge is -2.07. The molecule has 0 atom stereocenters. The molecule has 26 heavy (non-hydrogen) atoms. The predicted molar refractivity (Wildman–Crippen MR) is 104 cm³/mol. The van der Waals surface area contributed by atoms with Gasteiger partial charge < -0.3 is 10.6 Å². The van der Waals surface area contributed by atoms with Gasteiger partial charge in [-0.05, 0) is 12.0 Å². The highest BCUT2D eigenvalue weighted by Crippen LogP contribution is 2.19. The van der Waals surface area contributed by atoms with Gasteiger partial charge in [0.25, 0.3) is 5.95 Å². The van der Waals surface area contributed by atoms with Crippen LogP contribution >= 0.6 is 11.8 Å². The van der Waals surface area contributed by atoms with Crippen LogP contribution in [0.3, 0.4) is 0 Å². The maximum Gasteiger partial charge on any atom is 0.258 e. The molecule has 0 aliphatic heterocycles. The van der Waals surface area contributed by atoms with E-state index in [1.165, 1.54) is 5.56 Å². The molecule has 3 aromatic rings. The summed E-state index contributed by atoms with van der Waals surface area (Å²) in [7, 11) is 1.78. The third-order valence-electron chi connectivity index (χ3n) is 3.55. The lowest BCUT2D eigenvalue weighted by molar-refractivity contribution is 0.766. The minimum atomic E-state index is 0.433. The Kier molecular flexibility index (Phi) is 6.37. The standard InChI is InChI=1S/C17H22N8S/c1-3-4-10-19-15-21-14(18-2)22-16(23-15)25-12-20-17(24-25)26-11-13-8-6-5-7-9-13/h5-9,12H,3-4,10-11H2,1-2H3,(H2,18,19,21,22,23). The molecule has 0 saturated carbocycles. The van der Waals surface area contributed by atoms with Crippen molar-refractivity contribution in [2.75, 3.05) is 24.2 Å². The van der Waals surface area contributed by atoms with Crippen LogP contribution in [0, 0.1) is 0 Å². The van der Waals surface area contributed by atoms with Crippen molar-refractivity contribution in [2.45, 2.75) is 30.7 Å². The molecule has 3 rings (SSSR count). The number of nitrogens with zero attached hydrogens (tertiary/aromatic N) is 6. The van der Waals surface area contributed by atoms with Crippen LogP contribution < -0.4 is 10.6 Å². The van der Waals surface area contributed by atoms with Gasteiger partial charge in [0.05, 0.1) is 0 Å². The fourth-order valence-corrected chi connectivity index (χ4v) is 2.92. The molecule has 1 aromatic carbocycles. The lowest BCUT2D eigenvalue weighted by Crippen LogP contribution is -2.12. The van der Waals surface area contributed by atoms with E-state index in [0.29, 0.717) is 23.0 Å². The Hall–Kier alpha value is -2.68. The number of benzene rings is 1. The van der Waals surface area contributed by atoms with E-state index in [0.717, 1.165) is 25.1 Å². The Morgan fingerprint density at radius 3 is 2.65 bits per heavy atom. The fourth-order valence-electron chi connectivity index (χ4n) is 2.17. The molecule has 0 saturated heterocycles. The zero-order valence-electron chi connectivity index (χ0n) is 14.9. The topological polar surface area (TPSA) is 93.4 Å². The van der Waals surface area contributed by atoms with Crippen LogP contribution in [-0.2, 0) is 5.75 Å². The van der Waals surface area contributed by atoms with Crippen LogP contribution in [0.2, 0.25) is 0 Å². The van der Waals surface area contributed by atoms with Crippen LogP contribution in [0.1, 0.15) is 25.3 Å². The summed E-state index contributed by atoms with van der Waals surface area (Å²) in [5.41, 5.74) is 1.23. The van der Waals surface area contributed by atoms with Gasteiger partial charge in [0.2, 0.25) is 17.1 Å². The molecule has 2 N–H and O–H groups in total. The summed E-state index contributed by atoms with van der Waals surface area (Å²) in [6.45, 7) is 2.96. The molecule has 0 aliphatic carbocycles. The number of hydrogen-bond donors (Lipinski definition) is 2. The van der Waals surface area contributed by atoms with Crippen molar-refractivity contribution in [3.05, 3.63) is 42.2 Å². The number of hydrogen-bond acceptors (Lipinski definition) is 8. The number of nitrogens with one attached hydrogen (secondary N) is 2. The highest BCUT2D eigenvalue weighted by atomic mass is 32.2. The normalized spacial score (nSPS) is 10.7. The summed E-state index contributed by atoms with van der Waals surface area (Å²) in [6, 6.07) is 10.2. The van der Waals surface area contributed by atoms with Crippen molar-refractivity contribution >= 4 is 23.7 Å². The zero-order chi connectivity index (χ0) is 18.2. The van der Waals surface area contributed by atoms with Gasteiger partial charge in [-0.15, -0.1) is 5.10 Å². The van der Waals surface area contributed by atoms with Crippen LogP contribution in [0.4, 0.5) is 11.9 Å². The molecular formula is C17H22N8S. The summed E-state index contributed by atoms with van der Waals surface area (Å²) in [6.07, 6.45) is 3.78. The van der Waals surface area contributed by atoms with E-state index in [1.54, 1.807) is 29.8 Å². The van der Waals surface area contributed by atoms with E-state index < -0.39 is 0 Å². The van der Waals surface area contributed by atoms with Gasteiger partial charge in [0, 0.05) is 19.3 Å². The molecule has 2 heterocycles. The first-order valence-corrected chi connectivity index (χ1v) is 9.53. The van der Waals surface area contributed by atoms with Gasteiger partial charge in [-0.3, -0.25) is 0 Å². The van der Waals surface area contributed by atoms with Crippen LogP contribution in [0.15, 0.2) is 41.8 Å². The molecule has 0 fully saturated rings. The van der Waals surface area contributed by atoms with E-state index in [-0.39, 0.29) is 0 Å². The van der Waals surface area contributed by atoms with E-state index in [9.17, 15) is 0 Å². The maximum absolute atomic E-state index is 4.47. The Balaban J connectivity index is 1.72. The molecule has 0 amide bonds. The van der Waals surface area contributed by atoms with Crippen LogP contribution in [-0.4, -0.2) is 43.3 Å². The Morgan fingerprint density at radius 1 is 1.08 bits per heavy atom. The van der Waals surface area contributed by atoms with Crippen molar-refractivity contribution < 1.29 is 0 Å². The van der Waals surface area contributed by atoms with Crippen molar-refractivity contribution in [3.8, 4) is 5.95 Å². The Bertz CT molecular complexity index is 821. The number of aromatic nitrogens is 6. The molecule has 0 unspecified atom stereocenters. The number of unbranched alkanes of at least 4 members (excludes halogenated alkanes) is 1. The average Bonchev–Trinajstić information content (AvgIpc) is 3.16. The minimum absolute atomic E-state index is 0.433. The molecule has 9 heteroatoms. The van der Waals surface area contributed by atoms with Gasteiger partial charge in [0.1, 0.15) is 6.33 Å². The van der Waals surface area contributed by atoms with Crippen molar-refractivity contribution in [1.82, 2.24) is 29.7 Å². The van der Waals surface area contributed by atoms with Crippen LogP contribution in [0.5, 0.6) is 0 Å². The highest BCUT2D eigenvalue weighted by molar-refractivity contribution is 7.98. The molecule has 2 aromatic heterocycles. The summed E-state index contributed by atoms with van der Waals surface area (Å²) in [5.74, 6) is 2.26. The molecule has 0 bridgehead atoms. The van der Waals surface area contributed by atoms with E-state index >= 15 is 0 Å². The molecule has 0 spiro atoms. The van der Waals surface area contributed by atoms with Gasteiger partial charge in [0.15, 0.2) is 0 Å². The van der Waals surface area contributed by atoms with Crippen molar-refractivity contribution in [1.29, 1.82) is 0 Å². The third-order valence-corrected chi connectivity index (χ3v) is 4.47. The average molecular weight is 370 g/mol. The first kappa shape index (κ1) is 18.1. The van der Waals surface area contributed by atoms with Gasteiger partial charge in [-0.25, -0.2) is 4.98 Å². The van der Waals surface area contributed by atoms with Crippen molar-refractivity contribution in [2.24, 2.45) is 0 Å². The summed E-state index contributed by atoms with van der Waals surface area (Å²) < 4.78 is 1.57. The molecule has 0 aliphatic rings. The number of thioether (sulfide) groups is 1. The first-order valence-electron chi connectivity index (χ1n) is 8.55. The van der Waals surface area contributed by atoms with Crippen LogP contribution in [0.25, 0.3) is 5.95 Å². The SMILES string of the molecule is CCCCNc1nc(NC)nc(-n2cnc(SCc3ccccc3)n2)n1. The quantitative estimate of drug-likeness (QED) is 0.439. The molecular weight excluding hydrogens is 348 g/mol. The summed E-state index contributed by atoms with van der Waals surface area (Å²) in [4.78, 5) is 17.5.